The number of halogens is 3. The van der Waals surface area contributed by atoms with Crippen molar-refractivity contribution in [2.75, 3.05) is 26.2 Å². The Kier molecular flexibility index (Phi) is 7.30. The van der Waals surface area contributed by atoms with E-state index in [1.807, 2.05) is 4.90 Å². The number of alkyl halides is 3. The molecule has 1 fully saturated rings. The molecule has 0 bridgehead atoms. The molecular formula is C15H29F3N2. The Hall–Kier alpha value is -0.290. The molecule has 0 aromatic rings. The third-order valence-electron chi connectivity index (χ3n) is 4.07. The van der Waals surface area contributed by atoms with Gasteiger partial charge in [0.2, 0.25) is 0 Å². The molecule has 5 heteroatoms. The molecule has 120 valence electrons. The second kappa shape index (κ2) is 8.23. The van der Waals surface area contributed by atoms with E-state index in [4.69, 9.17) is 0 Å². The van der Waals surface area contributed by atoms with Crippen LogP contribution in [0.25, 0.3) is 0 Å². The van der Waals surface area contributed by atoms with Crippen molar-refractivity contribution in [1.82, 2.24) is 10.2 Å². The Morgan fingerprint density at radius 1 is 1.20 bits per heavy atom. The average Bonchev–Trinajstić information content (AvgIpc) is 2.36. The number of piperidine rings is 1. The summed E-state index contributed by atoms with van der Waals surface area (Å²) in [5, 5.41) is 3.42. The Labute approximate surface area is 121 Å². The zero-order valence-electron chi connectivity index (χ0n) is 13.0. The molecule has 2 nitrogen and oxygen atoms in total. The van der Waals surface area contributed by atoms with E-state index < -0.39 is 12.1 Å². The van der Waals surface area contributed by atoms with Gasteiger partial charge in [0, 0.05) is 25.7 Å². The molecule has 1 aliphatic rings. The van der Waals surface area contributed by atoms with E-state index in [0.29, 0.717) is 18.4 Å². The lowest BCUT2D eigenvalue weighted by Crippen LogP contribution is -2.44. The van der Waals surface area contributed by atoms with Gasteiger partial charge in [0.25, 0.3) is 0 Å². The molecule has 0 aliphatic carbocycles. The summed E-state index contributed by atoms with van der Waals surface area (Å²) in [6.45, 7) is 9.04. The molecule has 2 atom stereocenters. The van der Waals surface area contributed by atoms with Crippen LogP contribution in [0, 0.1) is 11.8 Å². The first kappa shape index (κ1) is 17.8. The highest BCUT2D eigenvalue weighted by molar-refractivity contribution is 4.78. The summed E-state index contributed by atoms with van der Waals surface area (Å²) in [4.78, 5) is 1.95. The summed E-state index contributed by atoms with van der Waals surface area (Å²) in [7, 11) is 0. The molecule has 1 N–H and O–H groups in total. The fourth-order valence-corrected chi connectivity index (χ4v) is 2.68. The van der Waals surface area contributed by atoms with Crippen molar-refractivity contribution >= 4 is 0 Å². The van der Waals surface area contributed by atoms with Gasteiger partial charge < -0.3 is 10.2 Å². The zero-order chi connectivity index (χ0) is 15.2. The van der Waals surface area contributed by atoms with E-state index in [-0.39, 0.29) is 13.0 Å². The van der Waals surface area contributed by atoms with Crippen LogP contribution < -0.4 is 5.32 Å². The van der Waals surface area contributed by atoms with Crippen molar-refractivity contribution < 1.29 is 13.2 Å². The third-order valence-corrected chi connectivity index (χ3v) is 4.07. The fourth-order valence-electron chi connectivity index (χ4n) is 2.68. The molecule has 1 rings (SSSR count). The predicted octanol–water partition coefficient (Wildman–Crippen LogP) is 3.68. The minimum Gasteiger partial charge on any atom is -0.313 e. The SMILES string of the molecule is CC(C)CCC(C)NCCN1CCCC(C(F)(F)F)C1. The van der Waals surface area contributed by atoms with Crippen LogP contribution in [0.1, 0.15) is 46.5 Å². The van der Waals surface area contributed by atoms with Crippen LogP contribution in [0.3, 0.4) is 0 Å². The van der Waals surface area contributed by atoms with Gasteiger partial charge >= 0.3 is 6.18 Å². The molecule has 0 saturated carbocycles. The molecule has 1 aliphatic heterocycles. The van der Waals surface area contributed by atoms with Crippen LogP contribution in [-0.2, 0) is 0 Å². The molecule has 0 amide bonds. The lowest BCUT2D eigenvalue weighted by atomic mass is 9.97. The fraction of sp³-hybridized carbons (Fsp3) is 1.00. The Balaban J connectivity index is 2.18. The molecule has 2 unspecified atom stereocenters. The lowest BCUT2D eigenvalue weighted by Gasteiger charge is -2.34. The zero-order valence-corrected chi connectivity index (χ0v) is 13.0. The maximum absolute atomic E-state index is 12.7. The van der Waals surface area contributed by atoms with E-state index in [2.05, 4.69) is 26.1 Å². The minimum atomic E-state index is -4.03. The van der Waals surface area contributed by atoms with Gasteiger partial charge in [-0.1, -0.05) is 13.8 Å². The van der Waals surface area contributed by atoms with Gasteiger partial charge in [-0.25, -0.2) is 0 Å². The van der Waals surface area contributed by atoms with E-state index in [1.165, 1.54) is 6.42 Å². The van der Waals surface area contributed by atoms with Gasteiger partial charge in [-0.15, -0.1) is 0 Å². The highest BCUT2D eigenvalue weighted by atomic mass is 19.4. The summed E-state index contributed by atoms with van der Waals surface area (Å²) in [6, 6.07) is 0.445. The van der Waals surface area contributed by atoms with Crippen LogP contribution in [-0.4, -0.2) is 43.3 Å². The Morgan fingerprint density at radius 2 is 1.90 bits per heavy atom. The van der Waals surface area contributed by atoms with E-state index in [0.717, 1.165) is 26.1 Å². The molecule has 0 aromatic heterocycles. The number of hydrogen-bond donors (Lipinski definition) is 1. The normalized spacial score (nSPS) is 23.2. The van der Waals surface area contributed by atoms with Crippen molar-refractivity contribution in [2.24, 2.45) is 11.8 Å². The lowest BCUT2D eigenvalue weighted by molar-refractivity contribution is -0.186. The van der Waals surface area contributed by atoms with Gasteiger partial charge in [-0.3, -0.25) is 0 Å². The number of likely N-dealkylation sites (tertiary alicyclic amines) is 1. The van der Waals surface area contributed by atoms with E-state index in [1.54, 1.807) is 0 Å². The topological polar surface area (TPSA) is 15.3 Å². The number of hydrogen-bond acceptors (Lipinski definition) is 2. The second-order valence-electron chi connectivity index (χ2n) is 6.51. The first-order chi connectivity index (χ1) is 9.29. The molecule has 1 heterocycles. The molecular weight excluding hydrogens is 265 g/mol. The Bertz CT molecular complexity index is 266. The number of nitrogens with zero attached hydrogens (tertiary/aromatic N) is 1. The summed E-state index contributed by atoms with van der Waals surface area (Å²) in [6.07, 6.45) is -0.765. The maximum Gasteiger partial charge on any atom is 0.393 e. The molecule has 0 radical (unpaired) electrons. The van der Waals surface area contributed by atoms with Gasteiger partial charge in [0.05, 0.1) is 5.92 Å². The summed E-state index contributed by atoms with van der Waals surface area (Å²) >= 11 is 0. The maximum atomic E-state index is 12.7. The molecule has 0 aromatic carbocycles. The quantitative estimate of drug-likeness (QED) is 0.770. The van der Waals surface area contributed by atoms with E-state index in [9.17, 15) is 13.2 Å². The number of nitrogens with one attached hydrogen (secondary N) is 1. The minimum absolute atomic E-state index is 0.172. The van der Waals surface area contributed by atoms with Crippen molar-refractivity contribution in [3.05, 3.63) is 0 Å². The van der Waals surface area contributed by atoms with Crippen molar-refractivity contribution in [1.29, 1.82) is 0 Å². The average molecular weight is 294 g/mol. The van der Waals surface area contributed by atoms with Crippen molar-refractivity contribution in [2.45, 2.75) is 58.7 Å². The predicted molar refractivity (Wildman–Crippen MR) is 76.8 cm³/mol. The van der Waals surface area contributed by atoms with Crippen LogP contribution in [0.2, 0.25) is 0 Å². The van der Waals surface area contributed by atoms with Crippen LogP contribution in [0.4, 0.5) is 13.2 Å². The first-order valence-electron chi connectivity index (χ1n) is 7.81. The molecule has 0 spiro atoms. The smallest absolute Gasteiger partial charge is 0.313 e. The molecule has 1 saturated heterocycles. The van der Waals surface area contributed by atoms with Gasteiger partial charge in [0.15, 0.2) is 0 Å². The first-order valence-corrected chi connectivity index (χ1v) is 7.81. The van der Waals surface area contributed by atoms with Crippen LogP contribution in [0.5, 0.6) is 0 Å². The van der Waals surface area contributed by atoms with Crippen molar-refractivity contribution in [3.8, 4) is 0 Å². The van der Waals surface area contributed by atoms with E-state index >= 15 is 0 Å². The van der Waals surface area contributed by atoms with Crippen LogP contribution in [0.15, 0.2) is 0 Å². The van der Waals surface area contributed by atoms with Gasteiger partial charge in [-0.2, -0.15) is 13.2 Å². The van der Waals surface area contributed by atoms with Gasteiger partial charge in [0.1, 0.15) is 0 Å². The third kappa shape index (κ3) is 6.93. The largest absolute Gasteiger partial charge is 0.393 e. The summed E-state index contributed by atoms with van der Waals surface area (Å²) in [5.41, 5.74) is 0. The summed E-state index contributed by atoms with van der Waals surface area (Å²) in [5.74, 6) is -0.427. The standard InChI is InChI=1S/C15H29F3N2/c1-12(2)6-7-13(3)19-8-10-20-9-4-5-14(11-20)15(16,17)18/h12-14,19H,4-11H2,1-3H3. The Morgan fingerprint density at radius 3 is 2.50 bits per heavy atom. The van der Waals surface area contributed by atoms with Gasteiger partial charge in [-0.05, 0) is 45.1 Å². The van der Waals surface area contributed by atoms with Crippen LogP contribution >= 0.6 is 0 Å². The second-order valence-corrected chi connectivity index (χ2v) is 6.51. The van der Waals surface area contributed by atoms with Crippen molar-refractivity contribution in [3.63, 3.8) is 0 Å². The molecule has 20 heavy (non-hydrogen) atoms. The summed E-state index contributed by atoms with van der Waals surface area (Å²) < 4.78 is 38.1. The monoisotopic (exact) mass is 294 g/mol. The highest BCUT2D eigenvalue weighted by Gasteiger charge is 2.41. The highest BCUT2D eigenvalue weighted by Crippen LogP contribution is 2.32. The number of rotatable bonds is 7.